The standard InChI is InChI=1S/C15H20N2O3S/c1-9-7-13(16)5-6-15(9)21(18,19)17-11(3)14-8-10(2)20-12(14)4/h5-8,11,17H,16H2,1-4H3. The van der Waals surface area contributed by atoms with E-state index in [-0.39, 0.29) is 10.9 Å². The normalized spacial score (nSPS) is 13.3. The van der Waals surface area contributed by atoms with Crippen LogP contribution in [0.1, 0.15) is 35.6 Å². The predicted molar refractivity (Wildman–Crippen MR) is 82.5 cm³/mol. The first-order valence-electron chi connectivity index (χ1n) is 6.66. The molecule has 6 heteroatoms. The molecule has 0 spiro atoms. The van der Waals surface area contributed by atoms with Crippen molar-refractivity contribution in [3.63, 3.8) is 0 Å². The molecular formula is C15H20N2O3S. The van der Waals surface area contributed by atoms with Crippen LogP contribution in [0.3, 0.4) is 0 Å². The maximum Gasteiger partial charge on any atom is 0.241 e. The number of aryl methyl sites for hydroxylation is 3. The summed E-state index contributed by atoms with van der Waals surface area (Å²) in [6, 6.07) is 6.22. The van der Waals surface area contributed by atoms with Crippen molar-refractivity contribution in [1.82, 2.24) is 4.72 Å². The van der Waals surface area contributed by atoms with Crippen LogP contribution in [0.2, 0.25) is 0 Å². The zero-order valence-corrected chi connectivity index (χ0v) is 13.4. The van der Waals surface area contributed by atoms with Crippen molar-refractivity contribution >= 4 is 15.7 Å². The number of hydrogen-bond acceptors (Lipinski definition) is 4. The van der Waals surface area contributed by atoms with Gasteiger partial charge in [-0.3, -0.25) is 0 Å². The Morgan fingerprint density at radius 2 is 1.86 bits per heavy atom. The molecule has 0 amide bonds. The lowest BCUT2D eigenvalue weighted by molar-refractivity contribution is 0.496. The zero-order valence-electron chi connectivity index (χ0n) is 12.6. The molecule has 1 unspecified atom stereocenters. The fourth-order valence-corrected chi connectivity index (χ4v) is 3.86. The van der Waals surface area contributed by atoms with Gasteiger partial charge in [-0.05, 0) is 57.5 Å². The van der Waals surface area contributed by atoms with Gasteiger partial charge in [-0.25, -0.2) is 13.1 Å². The van der Waals surface area contributed by atoms with E-state index in [1.165, 1.54) is 6.07 Å². The summed E-state index contributed by atoms with van der Waals surface area (Å²) in [6.07, 6.45) is 0. The van der Waals surface area contributed by atoms with Gasteiger partial charge in [-0.15, -0.1) is 0 Å². The monoisotopic (exact) mass is 308 g/mol. The minimum absolute atomic E-state index is 0.237. The van der Waals surface area contributed by atoms with E-state index in [1.807, 2.05) is 19.9 Å². The molecule has 3 N–H and O–H groups in total. The first-order chi connectivity index (χ1) is 9.70. The highest BCUT2D eigenvalue weighted by molar-refractivity contribution is 7.89. The highest BCUT2D eigenvalue weighted by Crippen LogP contribution is 2.24. The van der Waals surface area contributed by atoms with Crippen LogP contribution in [-0.2, 0) is 10.0 Å². The molecule has 114 valence electrons. The Kier molecular flexibility index (Phi) is 4.11. The maximum absolute atomic E-state index is 12.5. The Hall–Kier alpha value is -1.79. The minimum Gasteiger partial charge on any atom is -0.466 e. The van der Waals surface area contributed by atoms with E-state index in [4.69, 9.17) is 10.2 Å². The minimum atomic E-state index is -3.61. The number of rotatable bonds is 4. The van der Waals surface area contributed by atoms with Crippen molar-refractivity contribution in [3.8, 4) is 0 Å². The summed E-state index contributed by atoms with van der Waals surface area (Å²) in [6.45, 7) is 7.17. The first-order valence-corrected chi connectivity index (χ1v) is 8.14. The Balaban J connectivity index is 2.31. The average molecular weight is 308 g/mol. The van der Waals surface area contributed by atoms with Gasteiger partial charge in [0.15, 0.2) is 0 Å². The first kappa shape index (κ1) is 15.6. The molecule has 0 aliphatic heterocycles. The van der Waals surface area contributed by atoms with E-state index < -0.39 is 10.0 Å². The molecule has 1 heterocycles. The molecule has 0 saturated heterocycles. The number of nitrogens with two attached hydrogens (primary N) is 1. The molecule has 1 atom stereocenters. The predicted octanol–water partition coefficient (Wildman–Crippen LogP) is 2.83. The highest BCUT2D eigenvalue weighted by atomic mass is 32.2. The second-order valence-corrected chi connectivity index (χ2v) is 6.92. The topological polar surface area (TPSA) is 85.3 Å². The number of nitrogen functional groups attached to an aromatic ring is 1. The van der Waals surface area contributed by atoms with Crippen LogP contribution < -0.4 is 10.5 Å². The highest BCUT2D eigenvalue weighted by Gasteiger charge is 2.22. The third kappa shape index (κ3) is 3.28. The Bertz CT molecular complexity index is 763. The third-order valence-corrected chi connectivity index (χ3v) is 5.07. The van der Waals surface area contributed by atoms with E-state index in [9.17, 15) is 8.42 Å². The average Bonchev–Trinajstić information content (AvgIpc) is 2.67. The second kappa shape index (κ2) is 5.54. The molecule has 2 aromatic rings. The SMILES string of the molecule is Cc1cc(C(C)NS(=O)(=O)c2ccc(N)cc2C)c(C)o1. The Labute approximate surface area is 125 Å². The number of hydrogen-bond donors (Lipinski definition) is 2. The summed E-state index contributed by atoms with van der Waals surface area (Å²) in [4.78, 5) is 0.237. The number of nitrogens with one attached hydrogen (secondary N) is 1. The molecule has 0 radical (unpaired) electrons. The molecule has 1 aromatic carbocycles. The van der Waals surface area contributed by atoms with Gasteiger partial charge >= 0.3 is 0 Å². The summed E-state index contributed by atoms with van der Waals surface area (Å²) >= 11 is 0. The number of sulfonamides is 1. The summed E-state index contributed by atoms with van der Waals surface area (Å²) in [7, 11) is -3.61. The van der Waals surface area contributed by atoms with E-state index in [1.54, 1.807) is 26.0 Å². The molecule has 0 aliphatic rings. The van der Waals surface area contributed by atoms with Gasteiger partial charge in [0.05, 0.1) is 4.90 Å². The van der Waals surface area contributed by atoms with Crippen molar-refractivity contribution in [2.24, 2.45) is 0 Å². The van der Waals surface area contributed by atoms with E-state index >= 15 is 0 Å². The maximum atomic E-state index is 12.5. The lowest BCUT2D eigenvalue weighted by atomic mass is 10.1. The molecule has 5 nitrogen and oxygen atoms in total. The number of anilines is 1. The van der Waals surface area contributed by atoms with Crippen LogP contribution in [0.25, 0.3) is 0 Å². The van der Waals surface area contributed by atoms with Gasteiger partial charge in [0.25, 0.3) is 0 Å². The van der Waals surface area contributed by atoms with E-state index in [0.29, 0.717) is 11.3 Å². The van der Waals surface area contributed by atoms with E-state index in [0.717, 1.165) is 17.1 Å². The summed E-state index contributed by atoms with van der Waals surface area (Å²) < 4.78 is 33.1. The van der Waals surface area contributed by atoms with Gasteiger partial charge in [0.2, 0.25) is 10.0 Å². The second-order valence-electron chi connectivity index (χ2n) is 5.24. The van der Waals surface area contributed by atoms with Gasteiger partial charge in [0, 0.05) is 17.3 Å². The van der Waals surface area contributed by atoms with Gasteiger partial charge < -0.3 is 10.2 Å². The van der Waals surface area contributed by atoms with Gasteiger partial charge in [-0.1, -0.05) is 0 Å². The molecule has 0 bridgehead atoms. The molecule has 21 heavy (non-hydrogen) atoms. The molecule has 2 rings (SSSR count). The number of furan rings is 1. The van der Waals surface area contributed by atoms with Crippen molar-refractivity contribution < 1.29 is 12.8 Å². The molecule has 0 aliphatic carbocycles. The summed E-state index contributed by atoms with van der Waals surface area (Å²) in [5.74, 6) is 1.48. The molecular weight excluding hydrogens is 288 g/mol. The van der Waals surface area contributed by atoms with Gasteiger partial charge in [-0.2, -0.15) is 0 Å². The Morgan fingerprint density at radius 1 is 1.19 bits per heavy atom. The van der Waals surface area contributed by atoms with Crippen LogP contribution in [0.4, 0.5) is 5.69 Å². The van der Waals surface area contributed by atoms with Crippen molar-refractivity contribution in [3.05, 3.63) is 46.9 Å². The Morgan fingerprint density at radius 3 is 2.38 bits per heavy atom. The van der Waals surface area contributed by atoms with Crippen LogP contribution in [0, 0.1) is 20.8 Å². The van der Waals surface area contributed by atoms with Crippen LogP contribution in [-0.4, -0.2) is 8.42 Å². The fourth-order valence-electron chi connectivity index (χ4n) is 2.41. The summed E-state index contributed by atoms with van der Waals surface area (Å²) in [5.41, 5.74) is 7.66. The lowest BCUT2D eigenvalue weighted by Gasteiger charge is -2.15. The van der Waals surface area contributed by atoms with Crippen molar-refractivity contribution in [2.75, 3.05) is 5.73 Å². The lowest BCUT2D eigenvalue weighted by Crippen LogP contribution is -2.27. The van der Waals surface area contributed by atoms with Crippen LogP contribution >= 0.6 is 0 Å². The molecule has 1 aromatic heterocycles. The third-order valence-electron chi connectivity index (χ3n) is 3.37. The van der Waals surface area contributed by atoms with Crippen molar-refractivity contribution in [1.29, 1.82) is 0 Å². The quantitative estimate of drug-likeness (QED) is 0.850. The largest absolute Gasteiger partial charge is 0.466 e. The van der Waals surface area contributed by atoms with E-state index in [2.05, 4.69) is 4.72 Å². The van der Waals surface area contributed by atoms with Crippen molar-refractivity contribution in [2.45, 2.75) is 38.6 Å². The smallest absolute Gasteiger partial charge is 0.241 e. The van der Waals surface area contributed by atoms with Gasteiger partial charge in [0.1, 0.15) is 11.5 Å². The zero-order chi connectivity index (χ0) is 15.8. The van der Waals surface area contributed by atoms with Crippen LogP contribution in [0.15, 0.2) is 33.6 Å². The molecule has 0 fully saturated rings. The summed E-state index contributed by atoms with van der Waals surface area (Å²) in [5, 5.41) is 0. The number of benzene rings is 1. The van der Waals surface area contributed by atoms with Crippen LogP contribution in [0.5, 0.6) is 0 Å². The molecule has 0 saturated carbocycles. The fraction of sp³-hybridized carbons (Fsp3) is 0.333.